The molecule has 1 N–H and O–H groups in total. The molecule has 9 heteroatoms. The molecule has 1 saturated heterocycles. The number of methoxy groups -OCH3 is 2. The highest BCUT2D eigenvalue weighted by molar-refractivity contribution is 5.85. The van der Waals surface area contributed by atoms with Crippen LogP contribution in [0, 0.1) is 0 Å². The summed E-state index contributed by atoms with van der Waals surface area (Å²) in [6.07, 6.45) is 1.48. The van der Waals surface area contributed by atoms with E-state index in [0.29, 0.717) is 17.1 Å². The maximum atomic E-state index is 12.3. The van der Waals surface area contributed by atoms with Crippen LogP contribution in [-0.2, 0) is 16.1 Å². The summed E-state index contributed by atoms with van der Waals surface area (Å²) in [6, 6.07) is 13.7. The molecule has 1 amide bonds. The molecule has 1 heterocycles. The molecule has 2 aromatic carbocycles. The van der Waals surface area contributed by atoms with Gasteiger partial charge in [-0.2, -0.15) is 5.10 Å². The number of hydrogen-bond acceptors (Lipinski definition) is 8. The third-order valence-corrected chi connectivity index (χ3v) is 5.21. The number of benzene rings is 2. The molecule has 0 atom stereocenters. The lowest BCUT2D eigenvalue weighted by Crippen LogP contribution is -2.48. The van der Waals surface area contributed by atoms with E-state index in [1.807, 2.05) is 6.07 Å². The van der Waals surface area contributed by atoms with E-state index >= 15 is 0 Å². The summed E-state index contributed by atoms with van der Waals surface area (Å²) in [5.74, 6) is 0.177. The molecule has 176 valence electrons. The standard InChI is InChI=1S/C24H30N4O5/c1-18(29)33-24-21(31-2)13-20(14-22(24)32-3)15-25-26-23(30)17-28-11-9-27(10-12-28)16-19-7-5-4-6-8-19/h4-8,13-15H,9-12,16-17H2,1-3H3,(H,26,30). The van der Waals surface area contributed by atoms with Crippen molar-refractivity contribution >= 4 is 18.1 Å². The molecule has 0 aromatic heterocycles. The Morgan fingerprint density at radius 2 is 1.61 bits per heavy atom. The maximum Gasteiger partial charge on any atom is 0.308 e. The van der Waals surface area contributed by atoms with Crippen LogP contribution in [-0.4, -0.2) is 74.8 Å². The summed E-state index contributed by atoms with van der Waals surface area (Å²) in [4.78, 5) is 28.1. The summed E-state index contributed by atoms with van der Waals surface area (Å²) in [5.41, 5.74) is 4.48. The summed E-state index contributed by atoms with van der Waals surface area (Å²) >= 11 is 0. The Bertz CT molecular complexity index is 947. The van der Waals surface area contributed by atoms with Crippen molar-refractivity contribution in [3.8, 4) is 17.2 Å². The normalized spacial score (nSPS) is 14.8. The summed E-state index contributed by atoms with van der Waals surface area (Å²) in [7, 11) is 2.92. The van der Waals surface area contributed by atoms with Crippen molar-refractivity contribution < 1.29 is 23.8 Å². The molecule has 2 aromatic rings. The van der Waals surface area contributed by atoms with Crippen molar-refractivity contribution in [1.29, 1.82) is 0 Å². The molecule has 0 saturated carbocycles. The molecule has 1 fully saturated rings. The van der Waals surface area contributed by atoms with Crippen LogP contribution in [0.25, 0.3) is 0 Å². The fourth-order valence-corrected chi connectivity index (χ4v) is 3.58. The zero-order chi connectivity index (χ0) is 23.6. The Morgan fingerprint density at radius 1 is 1.00 bits per heavy atom. The first-order valence-electron chi connectivity index (χ1n) is 10.7. The van der Waals surface area contributed by atoms with Crippen LogP contribution in [0.5, 0.6) is 17.2 Å². The van der Waals surface area contributed by atoms with Gasteiger partial charge in [0.25, 0.3) is 5.91 Å². The van der Waals surface area contributed by atoms with Crippen LogP contribution in [0.4, 0.5) is 0 Å². The first kappa shape index (κ1) is 24.2. The molecule has 0 spiro atoms. The van der Waals surface area contributed by atoms with Crippen molar-refractivity contribution in [2.75, 3.05) is 46.9 Å². The van der Waals surface area contributed by atoms with E-state index in [1.165, 1.54) is 32.9 Å². The minimum absolute atomic E-state index is 0.182. The van der Waals surface area contributed by atoms with Gasteiger partial charge in [-0.15, -0.1) is 0 Å². The van der Waals surface area contributed by atoms with Crippen LogP contribution in [0.1, 0.15) is 18.1 Å². The van der Waals surface area contributed by atoms with Crippen LogP contribution >= 0.6 is 0 Å². The summed E-state index contributed by atoms with van der Waals surface area (Å²) < 4.78 is 15.7. The van der Waals surface area contributed by atoms with E-state index in [1.54, 1.807) is 12.1 Å². The molecule has 3 rings (SSSR count). The lowest BCUT2D eigenvalue weighted by Gasteiger charge is -2.34. The Balaban J connectivity index is 1.48. The van der Waals surface area contributed by atoms with E-state index in [0.717, 1.165) is 32.7 Å². The molecule has 0 bridgehead atoms. The molecule has 0 unspecified atom stereocenters. The molecule has 1 aliphatic rings. The second-order valence-corrected chi connectivity index (χ2v) is 7.68. The monoisotopic (exact) mass is 454 g/mol. The molecular formula is C24H30N4O5. The predicted octanol–water partition coefficient (Wildman–Crippen LogP) is 1.90. The predicted molar refractivity (Wildman–Crippen MR) is 125 cm³/mol. The SMILES string of the molecule is COc1cc(C=NNC(=O)CN2CCN(Cc3ccccc3)CC2)cc(OC)c1OC(C)=O. The maximum absolute atomic E-state index is 12.3. The van der Waals surface area contributed by atoms with Gasteiger partial charge in [-0.3, -0.25) is 19.4 Å². The van der Waals surface area contributed by atoms with Gasteiger partial charge in [0.15, 0.2) is 11.5 Å². The first-order chi connectivity index (χ1) is 16.0. The quantitative estimate of drug-likeness (QED) is 0.268. The number of esters is 1. The van der Waals surface area contributed by atoms with E-state index in [-0.39, 0.29) is 18.2 Å². The highest BCUT2D eigenvalue weighted by Gasteiger charge is 2.19. The fourth-order valence-electron chi connectivity index (χ4n) is 3.58. The van der Waals surface area contributed by atoms with Crippen molar-refractivity contribution in [2.45, 2.75) is 13.5 Å². The third kappa shape index (κ3) is 7.30. The van der Waals surface area contributed by atoms with E-state index in [9.17, 15) is 9.59 Å². The molecule has 33 heavy (non-hydrogen) atoms. The Hall–Kier alpha value is -3.43. The number of ether oxygens (including phenoxy) is 3. The first-order valence-corrected chi connectivity index (χ1v) is 10.7. The lowest BCUT2D eigenvalue weighted by molar-refractivity contribution is -0.132. The number of carbonyl (C=O) groups excluding carboxylic acids is 2. The van der Waals surface area contributed by atoms with Gasteiger partial charge in [-0.1, -0.05) is 30.3 Å². The van der Waals surface area contributed by atoms with Gasteiger partial charge in [0.2, 0.25) is 5.75 Å². The van der Waals surface area contributed by atoms with Gasteiger partial charge in [-0.25, -0.2) is 5.43 Å². The van der Waals surface area contributed by atoms with Gasteiger partial charge >= 0.3 is 5.97 Å². The lowest BCUT2D eigenvalue weighted by atomic mass is 10.2. The van der Waals surface area contributed by atoms with E-state index in [2.05, 4.69) is 44.6 Å². The fraction of sp³-hybridized carbons (Fsp3) is 0.375. The number of rotatable bonds is 9. The van der Waals surface area contributed by atoms with Gasteiger partial charge < -0.3 is 14.2 Å². The zero-order valence-corrected chi connectivity index (χ0v) is 19.2. The number of hydrazone groups is 1. The third-order valence-electron chi connectivity index (χ3n) is 5.21. The molecule has 9 nitrogen and oxygen atoms in total. The van der Waals surface area contributed by atoms with Crippen molar-refractivity contribution in [1.82, 2.24) is 15.2 Å². The highest BCUT2D eigenvalue weighted by atomic mass is 16.6. The number of amides is 1. The van der Waals surface area contributed by atoms with Gasteiger partial charge in [-0.05, 0) is 17.7 Å². The number of nitrogens with zero attached hydrogens (tertiary/aromatic N) is 3. The Labute approximate surface area is 193 Å². The van der Waals surface area contributed by atoms with E-state index < -0.39 is 5.97 Å². The summed E-state index contributed by atoms with van der Waals surface area (Å²) in [6.45, 7) is 6.00. The largest absolute Gasteiger partial charge is 0.493 e. The minimum Gasteiger partial charge on any atom is -0.493 e. The van der Waals surface area contributed by atoms with Crippen molar-refractivity contribution in [2.24, 2.45) is 5.10 Å². The van der Waals surface area contributed by atoms with Crippen molar-refractivity contribution in [3.05, 3.63) is 53.6 Å². The number of piperazine rings is 1. The average molecular weight is 455 g/mol. The van der Waals surface area contributed by atoms with Crippen LogP contribution in [0.15, 0.2) is 47.6 Å². The molecular weight excluding hydrogens is 424 g/mol. The highest BCUT2D eigenvalue weighted by Crippen LogP contribution is 2.38. The minimum atomic E-state index is -0.485. The van der Waals surface area contributed by atoms with Gasteiger partial charge in [0, 0.05) is 45.2 Å². The second-order valence-electron chi connectivity index (χ2n) is 7.68. The molecule has 0 radical (unpaired) electrons. The number of hydrogen-bond donors (Lipinski definition) is 1. The zero-order valence-electron chi connectivity index (χ0n) is 19.2. The molecule has 0 aliphatic carbocycles. The van der Waals surface area contributed by atoms with Crippen LogP contribution in [0.3, 0.4) is 0 Å². The van der Waals surface area contributed by atoms with Gasteiger partial charge in [0.1, 0.15) is 0 Å². The molecule has 1 aliphatic heterocycles. The summed E-state index contributed by atoms with van der Waals surface area (Å²) in [5, 5.41) is 4.04. The Morgan fingerprint density at radius 3 is 2.18 bits per heavy atom. The van der Waals surface area contributed by atoms with Crippen LogP contribution < -0.4 is 19.6 Å². The second kappa shape index (κ2) is 12.0. The van der Waals surface area contributed by atoms with Crippen LogP contribution in [0.2, 0.25) is 0 Å². The smallest absolute Gasteiger partial charge is 0.308 e. The van der Waals surface area contributed by atoms with E-state index in [4.69, 9.17) is 14.2 Å². The Kier molecular flexibility index (Phi) is 8.79. The average Bonchev–Trinajstić information content (AvgIpc) is 2.81. The number of nitrogens with one attached hydrogen (secondary N) is 1. The number of carbonyl (C=O) groups is 2. The topological polar surface area (TPSA) is 92.7 Å². The van der Waals surface area contributed by atoms with Crippen molar-refractivity contribution in [3.63, 3.8) is 0 Å². The van der Waals surface area contributed by atoms with Gasteiger partial charge in [0.05, 0.1) is 27.0 Å².